The fourth-order valence-corrected chi connectivity index (χ4v) is 7.62. The summed E-state index contributed by atoms with van der Waals surface area (Å²) in [5.41, 5.74) is -1.13. The third kappa shape index (κ3) is 3.81. The minimum absolute atomic E-state index is 0.338. The van der Waals surface area contributed by atoms with Gasteiger partial charge in [0.1, 0.15) is 0 Å². The Labute approximate surface area is 151 Å². The van der Waals surface area contributed by atoms with Gasteiger partial charge in [-0.3, -0.25) is 9.59 Å². The van der Waals surface area contributed by atoms with Gasteiger partial charge in [0.15, 0.2) is 5.41 Å². The SMILES string of the molecule is CC[C@@H]1CC(C(=O)OC)(C(=O)OC)C[C@H]1C[Si](C)(C)c1ccccc1. The van der Waals surface area contributed by atoms with Crippen LogP contribution in [0, 0.1) is 17.3 Å². The summed E-state index contributed by atoms with van der Waals surface area (Å²) in [5, 5.41) is 1.42. The lowest BCUT2D eigenvalue weighted by molar-refractivity contribution is -0.169. The molecule has 0 heterocycles. The largest absolute Gasteiger partial charge is 0.468 e. The van der Waals surface area contributed by atoms with Crippen molar-refractivity contribution in [3.8, 4) is 0 Å². The van der Waals surface area contributed by atoms with Gasteiger partial charge in [-0.25, -0.2) is 0 Å². The van der Waals surface area contributed by atoms with Crippen molar-refractivity contribution in [1.29, 1.82) is 0 Å². The van der Waals surface area contributed by atoms with E-state index in [1.54, 1.807) is 0 Å². The Morgan fingerprint density at radius 3 is 2.04 bits per heavy atom. The molecule has 0 radical (unpaired) electrons. The molecule has 1 fully saturated rings. The summed E-state index contributed by atoms with van der Waals surface area (Å²) in [4.78, 5) is 24.9. The van der Waals surface area contributed by atoms with E-state index in [4.69, 9.17) is 9.47 Å². The molecule has 2 atom stereocenters. The molecule has 0 aliphatic heterocycles. The lowest BCUT2D eigenvalue weighted by atomic mass is 9.85. The van der Waals surface area contributed by atoms with Crippen LogP contribution in [0.5, 0.6) is 0 Å². The van der Waals surface area contributed by atoms with E-state index in [9.17, 15) is 9.59 Å². The van der Waals surface area contributed by atoms with Crippen LogP contribution in [-0.4, -0.2) is 34.2 Å². The first-order chi connectivity index (χ1) is 11.8. The van der Waals surface area contributed by atoms with Crippen LogP contribution in [0.3, 0.4) is 0 Å². The number of methoxy groups -OCH3 is 2. The average Bonchev–Trinajstić information content (AvgIpc) is 3.00. The van der Waals surface area contributed by atoms with E-state index in [1.807, 2.05) is 6.07 Å². The van der Waals surface area contributed by atoms with Gasteiger partial charge in [0.05, 0.1) is 22.3 Å². The van der Waals surface area contributed by atoms with Gasteiger partial charge in [0.2, 0.25) is 0 Å². The van der Waals surface area contributed by atoms with E-state index < -0.39 is 25.4 Å². The van der Waals surface area contributed by atoms with Gasteiger partial charge in [-0.05, 0) is 24.7 Å². The number of hydrogen-bond donors (Lipinski definition) is 0. The highest BCUT2D eigenvalue weighted by Gasteiger charge is 2.57. The number of hydrogen-bond acceptors (Lipinski definition) is 4. The fraction of sp³-hybridized carbons (Fsp3) is 0.600. The normalized spacial score (nSPS) is 22.4. The minimum atomic E-state index is -1.66. The van der Waals surface area contributed by atoms with Gasteiger partial charge < -0.3 is 9.47 Å². The van der Waals surface area contributed by atoms with Crippen molar-refractivity contribution in [3.05, 3.63) is 30.3 Å². The molecule has 1 aliphatic rings. The maximum absolute atomic E-state index is 12.5. The molecule has 0 N–H and O–H groups in total. The molecule has 0 unspecified atom stereocenters. The molecule has 1 aromatic carbocycles. The first kappa shape index (κ1) is 19.7. The van der Waals surface area contributed by atoms with E-state index in [1.165, 1.54) is 19.4 Å². The first-order valence-corrected chi connectivity index (χ1v) is 12.2. The number of ether oxygens (including phenoxy) is 2. The van der Waals surface area contributed by atoms with Gasteiger partial charge in [0.25, 0.3) is 0 Å². The number of rotatable bonds is 6. The van der Waals surface area contributed by atoms with Crippen molar-refractivity contribution in [3.63, 3.8) is 0 Å². The molecule has 25 heavy (non-hydrogen) atoms. The summed E-state index contributed by atoms with van der Waals surface area (Å²) >= 11 is 0. The highest BCUT2D eigenvalue weighted by molar-refractivity contribution is 6.89. The molecule has 0 aromatic heterocycles. The zero-order valence-corrected chi connectivity index (χ0v) is 17.0. The maximum atomic E-state index is 12.5. The summed E-state index contributed by atoms with van der Waals surface area (Å²) in [7, 11) is 1.04. The van der Waals surface area contributed by atoms with Crippen molar-refractivity contribution < 1.29 is 19.1 Å². The van der Waals surface area contributed by atoms with E-state index in [0.29, 0.717) is 24.7 Å². The van der Waals surface area contributed by atoms with Crippen LogP contribution >= 0.6 is 0 Å². The van der Waals surface area contributed by atoms with Gasteiger partial charge >= 0.3 is 11.9 Å². The monoisotopic (exact) mass is 362 g/mol. The van der Waals surface area contributed by atoms with Crippen LogP contribution in [0.1, 0.15) is 26.2 Å². The van der Waals surface area contributed by atoms with Crippen LogP contribution in [0.4, 0.5) is 0 Å². The number of carbonyl (C=O) groups is 2. The Kier molecular flexibility index (Phi) is 6.09. The summed E-state index contributed by atoms with van der Waals surface area (Å²) in [6.07, 6.45) is 2.03. The third-order valence-corrected chi connectivity index (χ3v) is 9.33. The zero-order chi connectivity index (χ0) is 18.7. The van der Waals surface area contributed by atoms with E-state index in [-0.39, 0.29) is 0 Å². The Bertz CT molecular complexity index is 595. The lowest BCUT2D eigenvalue weighted by Gasteiger charge is -2.29. The van der Waals surface area contributed by atoms with Crippen molar-refractivity contribution >= 4 is 25.2 Å². The second-order valence-corrected chi connectivity index (χ2v) is 12.6. The van der Waals surface area contributed by atoms with E-state index in [0.717, 1.165) is 12.5 Å². The standard InChI is InChI=1S/C20H30O4Si/c1-6-15-12-20(18(21)23-2,19(22)24-3)13-16(15)14-25(4,5)17-10-8-7-9-11-17/h7-11,15-16H,6,12-14H2,1-5H3/t15-,16+/m1/s1. The lowest BCUT2D eigenvalue weighted by Crippen LogP contribution is -2.43. The quantitative estimate of drug-likeness (QED) is 0.442. The second kappa shape index (κ2) is 7.73. The van der Waals surface area contributed by atoms with Gasteiger partial charge in [0, 0.05) is 0 Å². The van der Waals surface area contributed by atoms with Crippen molar-refractivity contribution in [2.75, 3.05) is 14.2 Å². The molecule has 138 valence electrons. The smallest absolute Gasteiger partial charge is 0.323 e. The number of carbonyl (C=O) groups excluding carboxylic acids is 2. The predicted octanol–water partition coefficient (Wildman–Crippen LogP) is 3.37. The predicted molar refractivity (Wildman–Crippen MR) is 101 cm³/mol. The molecular weight excluding hydrogens is 332 g/mol. The summed E-state index contributed by atoms with van der Waals surface area (Å²) in [5.74, 6) is -0.210. The maximum Gasteiger partial charge on any atom is 0.323 e. The Morgan fingerprint density at radius 2 is 1.56 bits per heavy atom. The van der Waals surface area contributed by atoms with Crippen LogP contribution in [0.25, 0.3) is 0 Å². The fourth-order valence-electron chi connectivity index (χ4n) is 4.50. The molecule has 0 bridgehead atoms. The molecule has 2 rings (SSSR count). The molecule has 0 amide bonds. The first-order valence-electron chi connectivity index (χ1n) is 9.03. The molecule has 4 nitrogen and oxygen atoms in total. The highest BCUT2D eigenvalue weighted by Crippen LogP contribution is 2.51. The molecular formula is C20H30O4Si. The van der Waals surface area contributed by atoms with Crippen molar-refractivity contribution in [1.82, 2.24) is 0 Å². The highest BCUT2D eigenvalue weighted by atomic mass is 28.3. The minimum Gasteiger partial charge on any atom is -0.468 e. The van der Waals surface area contributed by atoms with E-state index >= 15 is 0 Å². The zero-order valence-electron chi connectivity index (χ0n) is 16.0. The Hall–Kier alpha value is -1.62. The van der Waals surface area contributed by atoms with Crippen LogP contribution < -0.4 is 5.19 Å². The molecule has 0 spiro atoms. The topological polar surface area (TPSA) is 52.6 Å². The van der Waals surface area contributed by atoms with Crippen molar-refractivity contribution in [2.45, 2.75) is 45.3 Å². The number of esters is 2. The molecule has 1 aromatic rings. The van der Waals surface area contributed by atoms with Gasteiger partial charge in [-0.2, -0.15) is 0 Å². The molecule has 1 aliphatic carbocycles. The molecule has 5 heteroatoms. The summed E-state index contributed by atoms with van der Waals surface area (Å²) in [6.45, 7) is 6.87. The summed E-state index contributed by atoms with van der Waals surface area (Å²) < 4.78 is 9.98. The Morgan fingerprint density at radius 1 is 1.04 bits per heavy atom. The van der Waals surface area contributed by atoms with Crippen molar-refractivity contribution in [2.24, 2.45) is 17.3 Å². The van der Waals surface area contributed by atoms with Crippen LogP contribution in [-0.2, 0) is 19.1 Å². The van der Waals surface area contributed by atoms with E-state index in [2.05, 4.69) is 44.3 Å². The summed E-state index contributed by atoms with van der Waals surface area (Å²) in [6, 6.07) is 11.7. The number of benzene rings is 1. The molecule has 1 saturated carbocycles. The third-order valence-electron chi connectivity index (χ3n) is 5.89. The van der Waals surface area contributed by atoms with Gasteiger partial charge in [-0.15, -0.1) is 0 Å². The molecule has 0 saturated heterocycles. The Balaban J connectivity index is 2.29. The second-order valence-electron chi connectivity index (χ2n) is 7.86. The van der Waals surface area contributed by atoms with Crippen LogP contribution in [0.15, 0.2) is 30.3 Å². The van der Waals surface area contributed by atoms with Crippen LogP contribution in [0.2, 0.25) is 19.1 Å². The van der Waals surface area contributed by atoms with Gasteiger partial charge in [-0.1, -0.05) is 68.0 Å². The average molecular weight is 363 g/mol.